The van der Waals surface area contributed by atoms with Gasteiger partial charge in [0.2, 0.25) is 5.91 Å². The summed E-state index contributed by atoms with van der Waals surface area (Å²) in [6.45, 7) is 0. The Bertz CT molecular complexity index is 589. The van der Waals surface area contributed by atoms with Gasteiger partial charge in [0.1, 0.15) is 0 Å². The van der Waals surface area contributed by atoms with Gasteiger partial charge in [0.05, 0.1) is 1.37 Å². The van der Waals surface area contributed by atoms with Crippen molar-refractivity contribution in [2.75, 3.05) is 14.1 Å². The molecule has 0 atom stereocenters. The summed E-state index contributed by atoms with van der Waals surface area (Å²) < 4.78 is 8.67. The number of carbonyl (C=O) groups excluding carboxylic acids is 1. The molecular weight excluding hydrogens is 220 g/mol. The van der Waals surface area contributed by atoms with E-state index in [4.69, 9.17) is 1.37 Å². The van der Waals surface area contributed by atoms with Crippen molar-refractivity contribution in [1.29, 1.82) is 0 Å². The van der Waals surface area contributed by atoms with E-state index >= 15 is 0 Å². The summed E-state index contributed by atoms with van der Waals surface area (Å²) in [7, 11) is 3.42. The molecular formula is C12H12N2OS. The SMILES string of the molecule is [2H]c1nccc2sc(/C=C/C(=O)N(C)C)cc12. The lowest BCUT2D eigenvalue weighted by molar-refractivity contribution is -0.123. The van der Waals surface area contributed by atoms with Crippen molar-refractivity contribution in [1.82, 2.24) is 9.88 Å². The van der Waals surface area contributed by atoms with Crippen LogP contribution < -0.4 is 0 Å². The van der Waals surface area contributed by atoms with Crippen LogP contribution in [-0.2, 0) is 4.79 Å². The molecule has 0 aliphatic carbocycles. The Morgan fingerprint density at radius 2 is 2.44 bits per heavy atom. The minimum atomic E-state index is -0.0494. The quantitative estimate of drug-likeness (QED) is 0.746. The number of fused-ring (bicyclic) bond motifs is 1. The third-order valence-corrected chi connectivity index (χ3v) is 3.16. The number of nitrogens with zero attached hydrogens (tertiary/aromatic N) is 2. The monoisotopic (exact) mass is 233 g/mol. The Kier molecular flexibility index (Phi) is 2.65. The Morgan fingerprint density at radius 1 is 1.62 bits per heavy atom. The first-order valence-electron chi connectivity index (χ1n) is 5.32. The summed E-state index contributed by atoms with van der Waals surface area (Å²) in [6, 6.07) is 3.76. The number of carbonyl (C=O) groups is 1. The lowest BCUT2D eigenvalue weighted by Crippen LogP contribution is -2.18. The lowest BCUT2D eigenvalue weighted by Gasteiger charge is -2.04. The lowest BCUT2D eigenvalue weighted by atomic mass is 10.3. The van der Waals surface area contributed by atoms with Crippen molar-refractivity contribution in [3.05, 3.63) is 35.5 Å². The van der Waals surface area contributed by atoms with Crippen LogP contribution in [-0.4, -0.2) is 29.9 Å². The molecule has 2 aromatic rings. The molecule has 0 unspecified atom stereocenters. The molecule has 3 nitrogen and oxygen atoms in total. The van der Waals surface area contributed by atoms with E-state index < -0.39 is 0 Å². The third kappa shape index (κ3) is 2.28. The van der Waals surface area contributed by atoms with Crippen molar-refractivity contribution in [3.63, 3.8) is 0 Å². The van der Waals surface area contributed by atoms with E-state index in [2.05, 4.69) is 4.98 Å². The summed E-state index contributed by atoms with van der Waals surface area (Å²) in [4.78, 5) is 17.8. The summed E-state index contributed by atoms with van der Waals surface area (Å²) in [5, 5.41) is 0.828. The van der Waals surface area contributed by atoms with Crippen LogP contribution in [0.1, 0.15) is 6.25 Å². The highest BCUT2D eigenvalue weighted by molar-refractivity contribution is 7.19. The third-order valence-electron chi connectivity index (χ3n) is 2.10. The fourth-order valence-electron chi connectivity index (χ4n) is 1.23. The molecule has 0 spiro atoms. The number of amides is 1. The number of aromatic nitrogens is 1. The van der Waals surface area contributed by atoms with Crippen molar-refractivity contribution in [2.24, 2.45) is 0 Å². The Labute approximate surface area is 99.4 Å². The molecule has 2 rings (SSSR count). The van der Waals surface area contributed by atoms with E-state index in [9.17, 15) is 4.79 Å². The van der Waals surface area contributed by atoms with Gasteiger partial charge >= 0.3 is 0 Å². The maximum absolute atomic E-state index is 11.4. The fourth-order valence-corrected chi connectivity index (χ4v) is 2.14. The Morgan fingerprint density at radius 3 is 3.12 bits per heavy atom. The Hall–Kier alpha value is -1.68. The number of hydrogen-bond donors (Lipinski definition) is 0. The number of rotatable bonds is 2. The second-order valence-corrected chi connectivity index (χ2v) is 4.66. The molecule has 2 heterocycles. The van der Waals surface area contributed by atoms with Crippen molar-refractivity contribution >= 4 is 33.4 Å². The molecule has 0 saturated carbocycles. The molecule has 2 aromatic heterocycles. The van der Waals surface area contributed by atoms with Crippen LogP contribution in [0.2, 0.25) is 0 Å². The number of thiophene rings is 1. The van der Waals surface area contributed by atoms with E-state index in [0.717, 1.165) is 15.0 Å². The van der Waals surface area contributed by atoms with Gasteiger partial charge in [0, 0.05) is 47.5 Å². The topological polar surface area (TPSA) is 33.2 Å². The van der Waals surface area contributed by atoms with Gasteiger partial charge in [-0.05, 0) is 18.2 Å². The highest BCUT2D eigenvalue weighted by atomic mass is 32.1. The second kappa shape index (κ2) is 4.45. The number of likely N-dealkylation sites (N-methyl/N-ethyl adjacent to an activating group) is 1. The van der Waals surface area contributed by atoms with Crippen molar-refractivity contribution in [3.8, 4) is 0 Å². The highest BCUT2D eigenvalue weighted by Crippen LogP contribution is 2.25. The molecule has 0 saturated heterocycles. The highest BCUT2D eigenvalue weighted by Gasteiger charge is 2.00. The van der Waals surface area contributed by atoms with Crippen LogP contribution in [0, 0.1) is 0 Å². The van der Waals surface area contributed by atoms with Gasteiger partial charge in [-0.15, -0.1) is 11.3 Å². The molecule has 0 bridgehead atoms. The van der Waals surface area contributed by atoms with E-state index in [0.29, 0.717) is 0 Å². The largest absolute Gasteiger partial charge is 0.345 e. The van der Waals surface area contributed by atoms with E-state index in [1.54, 1.807) is 37.7 Å². The van der Waals surface area contributed by atoms with E-state index in [1.165, 1.54) is 11.0 Å². The summed E-state index contributed by atoms with van der Waals surface area (Å²) >= 11 is 1.55. The molecule has 0 aliphatic heterocycles. The van der Waals surface area contributed by atoms with E-state index in [-0.39, 0.29) is 12.1 Å². The molecule has 0 N–H and O–H groups in total. The second-order valence-electron chi connectivity index (χ2n) is 3.55. The van der Waals surface area contributed by atoms with Gasteiger partial charge in [0.25, 0.3) is 0 Å². The van der Waals surface area contributed by atoms with Crippen LogP contribution >= 0.6 is 11.3 Å². The standard InChI is InChI=1S/C12H12N2OS/c1-14(2)12(15)4-3-10-7-9-8-13-6-5-11(9)16-10/h3-8H,1-2H3/b4-3+/i8D. The molecule has 0 aromatic carbocycles. The van der Waals surface area contributed by atoms with Crippen molar-refractivity contribution in [2.45, 2.75) is 0 Å². The van der Waals surface area contributed by atoms with Crippen LogP contribution in [0.4, 0.5) is 0 Å². The maximum Gasteiger partial charge on any atom is 0.246 e. The maximum atomic E-state index is 11.4. The zero-order valence-corrected chi connectivity index (χ0v) is 9.91. The van der Waals surface area contributed by atoms with Crippen molar-refractivity contribution < 1.29 is 6.17 Å². The molecule has 82 valence electrons. The smallest absolute Gasteiger partial charge is 0.246 e. The first kappa shape index (κ1) is 9.54. The first-order chi connectivity index (χ1) is 8.08. The van der Waals surface area contributed by atoms with E-state index in [1.807, 2.05) is 12.1 Å². The molecule has 0 aliphatic rings. The number of pyridine rings is 1. The van der Waals surface area contributed by atoms with Gasteiger partial charge in [-0.2, -0.15) is 0 Å². The average Bonchev–Trinajstić information content (AvgIpc) is 2.70. The fraction of sp³-hybridized carbons (Fsp3) is 0.167. The Balaban J connectivity index is 2.32. The van der Waals surface area contributed by atoms with Gasteiger partial charge in [-0.25, -0.2) is 0 Å². The minimum Gasteiger partial charge on any atom is -0.345 e. The normalized spacial score (nSPS) is 12.0. The molecule has 0 fully saturated rings. The molecule has 16 heavy (non-hydrogen) atoms. The van der Waals surface area contributed by atoms with Gasteiger partial charge in [-0.1, -0.05) is 0 Å². The molecule has 0 radical (unpaired) electrons. The predicted molar refractivity (Wildman–Crippen MR) is 67.3 cm³/mol. The summed E-state index contributed by atoms with van der Waals surface area (Å²) in [6.07, 6.45) is 5.20. The van der Waals surface area contributed by atoms with Crippen LogP contribution in [0.25, 0.3) is 16.2 Å². The van der Waals surface area contributed by atoms with Gasteiger partial charge in [-0.3, -0.25) is 9.78 Å². The molecule has 4 heteroatoms. The van der Waals surface area contributed by atoms with Gasteiger partial charge < -0.3 is 4.90 Å². The van der Waals surface area contributed by atoms with Crippen LogP contribution in [0.15, 0.2) is 30.6 Å². The zero-order valence-electron chi connectivity index (χ0n) is 10.1. The van der Waals surface area contributed by atoms with Crippen LogP contribution in [0.3, 0.4) is 0 Å². The first-order valence-corrected chi connectivity index (χ1v) is 5.64. The van der Waals surface area contributed by atoms with Crippen LogP contribution in [0.5, 0.6) is 0 Å². The zero-order chi connectivity index (χ0) is 12.4. The predicted octanol–water partition coefficient (Wildman–Crippen LogP) is 2.40. The minimum absolute atomic E-state index is 0.0494. The number of hydrogen-bond acceptors (Lipinski definition) is 3. The summed E-state index contributed by atoms with van der Waals surface area (Å²) in [5.41, 5.74) is 0. The molecule has 1 amide bonds. The summed E-state index contributed by atoms with van der Waals surface area (Å²) in [5.74, 6) is -0.0494. The average molecular weight is 233 g/mol. The van der Waals surface area contributed by atoms with Gasteiger partial charge in [0.15, 0.2) is 0 Å².